The monoisotopic (exact) mass is 406 g/mol. The molecule has 4 aromatic rings. The van der Waals surface area contributed by atoms with Crippen molar-refractivity contribution in [3.63, 3.8) is 0 Å². The van der Waals surface area contributed by atoms with E-state index in [1.54, 1.807) is 36.4 Å². The van der Waals surface area contributed by atoms with Crippen molar-refractivity contribution in [2.45, 2.75) is 0 Å². The zero-order chi connectivity index (χ0) is 19.3. The van der Waals surface area contributed by atoms with Gasteiger partial charge in [0, 0.05) is 5.56 Å². The number of para-hydroxylation sites is 1. The van der Waals surface area contributed by atoms with Gasteiger partial charge in [0.1, 0.15) is 5.01 Å². The maximum absolute atomic E-state index is 12.7. The maximum atomic E-state index is 12.7. The summed E-state index contributed by atoms with van der Waals surface area (Å²) in [6.45, 7) is 0. The van der Waals surface area contributed by atoms with E-state index in [1.165, 1.54) is 22.7 Å². The molecule has 0 bridgehead atoms. The fourth-order valence-electron chi connectivity index (χ4n) is 2.52. The number of thiophene rings is 1. The number of carbonyl (C=O) groups is 2. The van der Waals surface area contributed by atoms with Crippen molar-refractivity contribution in [2.24, 2.45) is 0 Å². The molecule has 0 aliphatic carbocycles. The predicted molar refractivity (Wildman–Crippen MR) is 112 cm³/mol. The number of amides is 2. The first-order valence-electron chi connectivity index (χ1n) is 8.35. The van der Waals surface area contributed by atoms with Crippen molar-refractivity contribution in [3.05, 3.63) is 82.6 Å². The van der Waals surface area contributed by atoms with Crippen molar-refractivity contribution < 1.29 is 9.59 Å². The third-order valence-corrected chi connectivity index (χ3v) is 5.59. The van der Waals surface area contributed by atoms with Gasteiger partial charge in [-0.3, -0.25) is 14.9 Å². The number of hydrogen-bond donors (Lipinski definition) is 2. The number of aromatic nitrogens is 2. The summed E-state index contributed by atoms with van der Waals surface area (Å²) in [6.07, 6.45) is 0. The number of benzene rings is 2. The largest absolute Gasteiger partial charge is 0.321 e. The third-order valence-electron chi connectivity index (χ3n) is 3.83. The standard InChI is InChI=1S/C20H14N4O2S2/c25-17(22-20-24-23-19(28-20)13-7-2-1-3-8-13)14-9-4-5-10-15(14)21-18(26)16-11-6-12-27-16/h1-12H,(H,21,26)(H,22,24,25). The van der Waals surface area contributed by atoms with Gasteiger partial charge in [-0.1, -0.05) is 59.9 Å². The Morgan fingerprint density at radius 2 is 1.57 bits per heavy atom. The van der Waals surface area contributed by atoms with Crippen LogP contribution in [0.2, 0.25) is 0 Å². The van der Waals surface area contributed by atoms with Crippen LogP contribution in [0.3, 0.4) is 0 Å². The Morgan fingerprint density at radius 3 is 2.36 bits per heavy atom. The van der Waals surface area contributed by atoms with E-state index in [9.17, 15) is 9.59 Å². The van der Waals surface area contributed by atoms with Gasteiger partial charge < -0.3 is 5.32 Å². The average Bonchev–Trinajstić information content (AvgIpc) is 3.41. The zero-order valence-electron chi connectivity index (χ0n) is 14.5. The summed E-state index contributed by atoms with van der Waals surface area (Å²) in [7, 11) is 0. The van der Waals surface area contributed by atoms with Crippen LogP contribution in [0.15, 0.2) is 72.1 Å². The van der Waals surface area contributed by atoms with Gasteiger partial charge in [0.2, 0.25) is 5.13 Å². The van der Waals surface area contributed by atoms with Crippen LogP contribution >= 0.6 is 22.7 Å². The molecule has 0 saturated heterocycles. The zero-order valence-corrected chi connectivity index (χ0v) is 16.1. The molecule has 2 aromatic heterocycles. The minimum atomic E-state index is -0.363. The van der Waals surface area contributed by atoms with E-state index < -0.39 is 0 Å². The average molecular weight is 406 g/mol. The smallest absolute Gasteiger partial charge is 0.265 e. The van der Waals surface area contributed by atoms with Crippen LogP contribution in [0.1, 0.15) is 20.0 Å². The van der Waals surface area contributed by atoms with E-state index in [1.807, 2.05) is 35.7 Å². The fraction of sp³-hybridized carbons (Fsp3) is 0. The molecule has 0 radical (unpaired) electrons. The number of hydrogen-bond acceptors (Lipinski definition) is 6. The second-order valence-corrected chi connectivity index (χ2v) is 7.63. The van der Waals surface area contributed by atoms with Gasteiger partial charge in [-0.15, -0.1) is 21.5 Å². The van der Waals surface area contributed by atoms with Crippen LogP contribution in [0.25, 0.3) is 10.6 Å². The van der Waals surface area contributed by atoms with Gasteiger partial charge >= 0.3 is 0 Å². The fourth-order valence-corrected chi connectivity index (χ4v) is 3.88. The van der Waals surface area contributed by atoms with Crippen LogP contribution in [0, 0.1) is 0 Å². The van der Waals surface area contributed by atoms with Crippen molar-refractivity contribution in [3.8, 4) is 10.6 Å². The Hall–Kier alpha value is -3.36. The van der Waals surface area contributed by atoms with E-state index in [0.717, 1.165) is 10.6 Å². The van der Waals surface area contributed by atoms with Crippen LogP contribution in [0.4, 0.5) is 10.8 Å². The van der Waals surface area contributed by atoms with E-state index in [-0.39, 0.29) is 11.8 Å². The Bertz CT molecular complexity index is 1110. The minimum absolute atomic E-state index is 0.252. The molecule has 6 nitrogen and oxygen atoms in total. The summed E-state index contributed by atoms with van der Waals surface area (Å²) in [5.74, 6) is -0.615. The van der Waals surface area contributed by atoms with E-state index in [0.29, 0.717) is 21.3 Å². The summed E-state index contributed by atoms with van der Waals surface area (Å²) >= 11 is 2.63. The first kappa shape index (κ1) is 18.0. The first-order chi connectivity index (χ1) is 13.7. The normalized spacial score (nSPS) is 10.4. The SMILES string of the molecule is O=C(Nc1ccccc1C(=O)Nc1nnc(-c2ccccc2)s1)c1cccs1. The van der Waals surface area contributed by atoms with Crippen molar-refractivity contribution in [1.29, 1.82) is 0 Å². The Morgan fingerprint density at radius 1 is 0.786 bits per heavy atom. The lowest BCUT2D eigenvalue weighted by atomic mass is 10.1. The number of nitrogens with zero attached hydrogens (tertiary/aromatic N) is 2. The summed E-state index contributed by atoms with van der Waals surface area (Å²) in [4.78, 5) is 25.6. The molecule has 0 spiro atoms. The minimum Gasteiger partial charge on any atom is -0.321 e. The van der Waals surface area contributed by atoms with E-state index >= 15 is 0 Å². The second kappa shape index (κ2) is 8.12. The lowest BCUT2D eigenvalue weighted by Gasteiger charge is -2.09. The van der Waals surface area contributed by atoms with Crippen LogP contribution in [-0.2, 0) is 0 Å². The summed E-state index contributed by atoms with van der Waals surface area (Å²) in [5.41, 5.74) is 1.72. The highest BCUT2D eigenvalue weighted by Crippen LogP contribution is 2.27. The van der Waals surface area contributed by atoms with Gasteiger partial charge in [-0.2, -0.15) is 0 Å². The molecule has 4 rings (SSSR count). The van der Waals surface area contributed by atoms with Gasteiger partial charge in [0.25, 0.3) is 11.8 Å². The molecule has 0 saturated carbocycles. The molecule has 138 valence electrons. The Kier molecular flexibility index (Phi) is 5.22. The highest BCUT2D eigenvalue weighted by Gasteiger charge is 2.16. The molecule has 0 aliphatic heterocycles. The van der Waals surface area contributed by atoms with Crippen LogP contribution in [0.5, 0.6) is 0 Å². The lowest BCUT2D eigenvalue weighted by Crippen LogP contribution is -2.17. The predicted octanol–water partition coefficient (Wildman–Crippen LogP) is 4.77. The van der Waals surface area contributed by atoms with Crippen LogP contribution in [-0.4, -0.2) is 22.0 Å². The molecular weight excluding hydrogens is 392 g/mol. The summed E-state index contributed by atoms with van der Waals surface area (Å²) in [5, 5.41) is 16.6. The van der Waals surface area contributed by atoms with E-state index in [4.69, 9.17) is 0 Å². The molecule has 28 heavy (non-hydrogen) atoms. The number of rotatable bonds is 5. The summed E-state index contributed by atoms with van der Waals surface area (Å²) < 4.78 is 0. The second-order valence-electron chi connectivity index (χ2n) is 5.71. The molecule has 0 unspecified atom stereocenters. The van der Waals surface area contributed by atoms with Gasteiger partial charge in [0.15, 0.2) is 0 Å². The quantitative estimate of drug-likeness (QED) is 0.500. The lowest BCUT2D eigenvalue weighted by molar-refractivity contribution is 0.102. The molecule has 8 heteroatoms. The number of anilines is 2. The maximum Gasteiger partial charge on any atom is 0.265 e. The molecule has 0 fully saturated rings. The number of nitrogens with one attached hydrogen (secondary N) is 2. The Balaban J connectivity index is 1.51. The highest BCUT2D eigenvalue weighted by molar-refractivity contribution is 7.18. The highest BCUT2D eigenvalue weighted by atomic mass is 32.1. The molecule has 2 aromatic carbocycles. The van der Waals surface area contributed by atoms with Gasteiger partial charge in [-0.05, 0) is 23.6 Å². The van der Waals surface area contributed by atoms with E-state index in [2.05, 4.69) is 20.8 Å². The van der Waals surface area contributed by atoms with Crippen molar-refractivity contribution in [1.82, 2.24) is 10.2 Å². The molecule has 2 N–H and O–H groups in total. The Labute approximate surface area is 168 Å². The molecule has 2 amide bonds. The molecule has 0 atom stereocenters. The third kappa shape index (κ3) is 3.98. The first-order valence-corrected chi connectivity index (χ1v) is 10.0. The van der Waals surface area contributed by atoms with Crippen molar-refractivity contribution >= 4 is 45.3 Å². The van der Waals surface area contributed by atoms with Gasteiger partial charge in [-0.25, -0.2) is 0 Å². The molecular formula is C20H14N4O2S2. The summed E-state index contributed by atoms with van der Waals surface area (Å²) in [6, 6.07) is 20.0. The molecule has 2 heterocycles. The van der Waals surface area contributed by atoms with Crippen molar-refractivity contribution in [2.75, 3.05) is 10.6 Å². The topological polar surface area (TPSA) is 84.0 Å². The number of carbonyl (C=O) groups excluding carboxylic acids is 2. The molecule has 0 aliphatic rings. The van der Waals surface area contributed by atoms with Crippen LogP contribution < -0.4 is 10.6 Å². The van der Waals surface area contributed by atoms with Gasteiger partial charge in [0.05, 0.1) is 16.1 Å².